The topological polar surface area (TPSA) is 336 Å². The number of aryl methyl sites for hydroxylation is 1. The molecule has 0 aliphatic heterocycles. The van der Waals surface area contributed by atoms with Crippen molar-refractivity contribution in [2.45, 2.75) is 46.8 Å². The Labute approximate surface area is 572 Å². The largest absolute Gasteiger partial charge is 0.491 e. The lowest BCUT2D eigenvalue weighted by Gasteiger charge is -2.12. The number of anilines is 4. The summed E-state index contributed by atoms with van der Waals surface area (Å²) in [5.74, 6) is -4.24. The standard InChI is InChI=1S/2C20H18N2O4.C19H12N2O3S.C16H12N2O3S/c1-12(2)26-15-7-3-6-14(11-15)19(23)22-16-8-4-5-13-9-10-17(20(24)25)21-18(13)16;1-12(2)26-15-9-6-14(7-10-15)19(23)22-16-5-3-4-13-8-11-17(20(24)25)21-18(13)16;22-18(16-10-12-4-1-2-7-15(12)25-16)21-13-6-3-5-11-8-9-14(19(23)24)20-17(11)13;1-9-5-8-13(22-9)15(19)18-11-4-2-3-10-6-7-12(16(20)21)17-14(10)11/h2*3-12H,1-2H3,(H,22,23)(H,24,25);1-10H,(H,21,22)(H,23,24);2-8H,1H3,(H,18,19)(H,20,21). The van der Waals surface area contributed by atoms with Crippen LogP contribution in [-0.4, -0.2) is 100 Å². The highest BCUT2D eigenvalue weighted by Gasteiger charge is 2.19. The quantitative estimate of drug-likeness (QED) is 0.0445. The van der Waals surface area contributed by atoms with Gasteiger partial charge in [-0.2, -0.15) is 0 Å². The van der Waals surface area contributed by atoms with Crippen molar-refractivity contribution < 1.29 is 68.3 Å². The minimum atomic E-state index is -1.12. The molecule has 0 aliphatic carbocycles. The van der Waals surface area contributed by atoms with Crippen LogP contribution >= 0.6 is 22.7 Å². The molecule has 24 heteroatoms. The number of nitrogens with one attached hydrogen (secondary N) is 4. The Morgan fingerprint density at radius 2 is 0.717 bits per heavy atom. The number of rotatable bonds is 16. The number of para-hydroxylation sites is 4. The van der Waals surface area contributed by atoms with Crippen LogP contribution in [0.2, 0.25) is 0 Å². The second kappa shape index (κ2) is 31.2. The number of amides is 4. The molecule has 6 heterocycles. The number of benzene rings is 7. The molecule has 13 rings (SSSR count). The maximum absolute atomic E-state index is 12.6. The van der Waals surface area contributed by atoms with E-state index in [1.807, 2.05) is 89.2 Å². The van der Waals surface area contributed by atoms with Crippen molar-refractivity contribution in [3.05, 3.63) is 261 Å². The normalized spacial score (nSPS) is 10.7. The van der Waals surface area contributed by atoms with Crippen molar-refractivity contribution in [3.8, 4) is 11.5 Å². The molecular weight excluding hydrogens is 1300 g/mol. The number of hydrogen-bond donors (Lipinski definition) is 8. The minimum absolute atomic E-state index is 0.00465. The molecule has 4 amide bonds. The zero-order valence-electron chi connectivity index (χ0n) is 53.3. The third-order valence-electron chi connectivity index (χ3n) is 14.3. The summed E-state index contributed by atoms with van der Waals surface area (Å²) in [7, 11) is 0. The summed E-state index contributed by atoms with van der Waals surface area (Å²) >= 11 is 2.81. The maximum atomic E-state index is 12.6. The third-order valence-corrected chi connectivity index (χ3v) is 16.4. The Morgan fingerprint density at radius 3 is 1.11 bits per heavy atom. The summed E-state index contributed by atoms with van der Waals surface area (Å²) in [5, 5.41) is 51.7. The van der Waals surface area contributed by atoms with E-state index < -0.39 is 23.9 Å². The van der Waals surface area contributed by atoms with E-state index in [0.717, 1.165) is 36.5 Å². The Balaban J connectivity index is 0.000000143. The highest BCUT2D eigenvalue weighted by atomic mass is 32.1. The molecule has 0 unspecified atom stereocenters. The number of aromatic carboxylic acids is 4. The van der Waals surface area contributed by atoms with E-state index in [4.69, 9.17) is 29.9 Å². The maximum Gasteiger partial charge on any atom is 0.354 e. The van der Waals surface area contributed by atoms with E-state index in [1.54, 1.807) is 133 Å². The van der Waals surface area contributed by atoms with Crippen LogP contribution in [0.25, 0.3) is 53.7 Å². The molecule has 0 bridgehead atoms. The number of pyridine rings is 4. The predicted octanol–water partition coefficient (Wildman–Crippen LogP) is 15.9. The fraction of sp³-hybridized carbons (Fsp3) is 0.0933. The van der Waals surface area contributed by atoms with Gasteiger partial charge in [-0.3, -0.25) is 19.2 Å². The van der Waals surface area contributed by atoms with E-state index in [0.29, 0.717) is 77.2 Å². The van der Waals surface area contributed by atoms with E-state index in [9.17, 15) is 38.4 Å². The Bertz CT molecular complexity index is 5230. The van der Waals surface area contributed by atoms with Gasteiger partial charge in [0.15, 0.2) is 0 Å². The average Bonchev–Trinajstić information content (AvgIpc) is 1.17. The number of fused-ring (bicyclic) bond motifs is 5. The molecule has 0 atom stereocenters. The van der Waals surface area contributed by atoms with Gasteiger partial charge in [-0.05, 0) is 155 Å². The van der Waals surface area contributed by atoms with Gasteiger partial charge in [0.2, 0.25) is 0 Å². The molecule has 7 aromatic carbocycles. The summed E-state index contributed by atoms with van der Waals surface area (Å²) < 4.78 is 12.2. The number of carbonyl (C=O) groups excluding carboxylic acids is 4. The van der Waals surface area contributed by atoms with Crippen LogP contribution in [0, 0.1) is 6.92 Å². The lowest BCUT2D eigenvalue weighted by atomic mass is 10.1. The van der Waals surface area contributed by atoms with Gasteiger partial charge in [0.25, 0.3) is 23.6 Å². The molecule has 22 nitrogen and oxygen atoms in total. The van der Waals surface area contributed by atoms with Crippen LogP contribution in [0.3, 0.4) is 0 Å². The Kier molecular flexibility index (Phi) is 21.7. The van der Waals surface area contributed by atoms with Crippen molar-refractivity contribution >= 4 is 147 Å². The summed E-state index contributed by atoms with van der Waals surface area (Å²) in [6.45, 7) is 9.61. The average molecular weight is 1360 g/mol. The van der Waals surface area contributed by atoms with Gasteiger partial charge in [-0.1, -0.05) is 97.1 Å². The fourth-order valence-electron chi connectivity index (χ4n) is 9.82. The molecule has 0 spiro atoms. The van der Waals surface area contributed by atoms with Gasteiger partial charge < -0.3 is 51.2 Å². The number of carboxylic acid groups (broad SMARTS) is 4. The first kappa shape index (κ1) is 69.0. The molecule has 8 N–H and O–H groups in total. The molecule has 6 aromatic heterocycles. The van der Waals surface area contributed by atoms with Gasteiger partial charge in [-0.25, -0.2) is 39.1 Å². The van der Waals surface area contributed by atoms with E-state index in [-0.39, 0.29) is 58.6 Å². The molecule has 0 saturated heterocycles. The number of ether oxygens (including phenoxy) is 2. The minimum Gasteiger partial charge on any atom is -0.491 e. The van der Waals surface area contributed by atoms with Crippen molar-refractivity contribution in [2.24, 2.45) is 0 Å². The van der Waals surface area contributed by atoms with Gasteiger partial charge in [0.05, 0.1) is 66.8 Å². The van der Waals surface area contributed by atoms with Crippen molar-refractivity contribution in [1.82, 2.24) is 19.9 Å². The van der Waals surface area contributed by atoms with Crippen LogP contribution < -0.4 is 30.7 Å². The highest BCUT2D eigenvalue weighted by molar-refractivity contribution is 7.21. The summed E-state index contributed by atoms with van der Waals surface area (Å²) in [4.78, 5) is 113. The smallest absolute Gasteiger partial charge is 0.354 e. The van der Waals surface area contributed by atoms with Crippen molar-refractivity contribution in [2.75, 3.05) is 21.3 Å². The number of aromatic nitrogens is 4. The summed E-state index contributed by atoms with van der Waals surface area (Å²) in [6.07, 6.45) is 0.0601. The first-order chi connectivity index (χ1) is 47.5. The molecule has 13 aromatic rings. The number of carboxylic acids is 4. The Hall–Kier alpha value is -12.8. The lowest BCUT2D eigenvalue weighted by Crippen LogP contribution is -2.13. The van der Waals surface area contributed by atoms with Gasteiger partial charge in [0.1, 0.15) is 34.3 Å². The van der Waals surface area contributed by atoms with Gasteiger partial charge in [-0.15, -0.1) is 22.7 Å². The molecule has 0 aliphatic rings. The number of hydrogen-bond acceptors (Lipinski definition) is 16. The van der Waals surface area contributed by atoms with Crippen LogP contribution in [0.15, 0.2) is 212 Å². The van der Waals surface area contributed by atoms with E-state index in [1.165, 1.54) is 46.9 Å². The molecule has 0 fully saturated rings. The zero-order chi connectivity index (χ0) is 70.4. The second-order valence-electron chi connectivity index (χ2n) is 22.3. The first-order valence-electron chi connectivity index (χ1n) is 30.4. The van der Waals surface area contributed by atoms with Crippen molar-refractivity contribution in [1.29, 1.82) is 0 Å². The molecule has 0 radical (unpaired) electrons. The number of nitrogens with zero attached hydrogens (tertiary/aromatic N) is 4. The SMILES string of the molecule is CC(C)Oc1ccc(C(=O)Nc2cccc3ccc(C(=O)O)nc23)cc1.CC(C)Oc1cccc(C(=O)Nc2cccc3ccc(C(=O)O)nc23)c1.Cc1ccc(C(=O)Nc2cccc3ccc(C(=O)O)nc23)s1.O=C(O)c1ccc2cccc(NC(=O)c3cc4ccccc4s3)c2n1. The lowest BCUT2D eigenvalue weighted by molar-refractivity contribution is 0.0680. The zero-order valence-corrected chi connectivity index (χ0v) is 55.0. The fourth-order valence-corrected chi connectivity index (χ4v) is 11.5. The molecule has 0 saturated carbocycles. The summed E-state index contributed by atoms with van der Waals surface area (Å²) in [6, 6.07) is 60.6. The van der Waals surface area contributed by atoms with Crippen LogP contribution in [0.5, 0.6) is 11.5 Å². The van der Waals surface area contributed by atoms with Gasteiger partial charge in [0, 0.05) is 42.2 Å². The van der Waals surface area contributed by atoms with Crippen LogP contribution in [0.4, 0.5) is 22.7 Å². The Morgan fingerprint density at radius 1 is 0.343 bits per heavy atom. The molecular formula is C75H60N8O14S2. The van der Waals surface area contributed by atoms with Gasteiger partial charge >= 0.3 is 23.9 Å². The number of carbonyl (C=O) groups is 8. The van der Waals surface area contributed by atoms with Crippen LogP contribution in [-0.2, 0) is 0 Å². The number of thiophene rings is 2. The first-order valence-corrected chi connectivity index (χ1v) is 32.0. The highest BCUT2D eigenvalue weighted by Crippen LogP contribution is 2.30. The van der Waals surface area contributed by atoms with E-state index in [2.05, 4.69) is 41.2 Å². The molecule has 99 heavy (non-hydrogen) atoms. The summed E-state index contributed by atoms with van der Waals surface area (Å²) in [5.41, 5.74) is 4.31. The van der Waals surface area contributed by atoms with E-state index >= 15 is 0 Å². The van der Waals surface area contributed by atoms with Crippen molar-refractivity contribution in [3.63, 3.8) is 0 Å². The molecule has 496 valence electrons. The monoisotopic (exact) mass is 1360 g/mol. The predicted molar refractivity (Wildman–Crippen MR) is 382 cm³/mol. The van der Waals surface area contributed by atoms with Crippen LogP contribution in [0.1, 0.15) is 115 Å². The second-order valence-corrected chi connectivity index (χ2v) is 24.6. The third kappa shape index (κ3) is 17.6.